The predicted octanol–water partition coefficient (Wildman–Crippen LogP) is 13.8. The number of hydrogen-bond donors (Lipinski definition) is 0. The summed E-state index contributed by atoms with van der Waals surface area (Å²) < 4.78 is 0. The minimum absolute atomic E-state index is 0.203. The van der Waals surface area contributed by atoms with E-state index < -0.39 is 0 Å². The first-order chi connectivity index (χ1) is 26.1. The highest BCUT2D eigenvalue weighted by atomic mass is 32.2. The van der Waals surface area contributed by atoms with Gasteiger partial charge in [-0.05, 0) is 165 Å². The van der Waals surface area contributed by atoms with E-state index in [0.29, 0.717) is 50.3 Å². The van der Waals surface area contributed by atoms with E-state index in [1.54, 1.807) is 10.5 Å². The molecule has 296 valence electrons. The van der Waals surface area contributed by atoms with Crippen LogP contribution in [0.3, 0.4) is 0 Å². The number of allylic oxidation sites excluding steroid dienone is 4. The lowest BCUT2D eigenvalue weighted by molar-refractivity contribution is -0.119. The number of fused-ring (bicyclic) bond motifs is 9. The topological polar surface area (TPSA) is 17.1 Å². The van der Waals surface area contributed by atoms with Gasteiger partial charge in [0.25, 0.3) is 0 Å². The summed E-state index contributed by atoms with van der Waals surface area (Å²) in [5.41, 5.74) is 12.9. The molecule has 0 saturated heterocycles. The zero-order valence-electron chi connectivity index (χ0n) is 35.4. The number of carbonyl (C=O) groups excluding carboxylic acids is 1. The maximum Gasteiger partial charge on any atom is 0.174 e. The quantitative estimate of drug-likeness (QED) is 0.198. The van der Waals surface area contributed by atoms with E-state index in [2.05, 4.69) is 153 Å². The first kappa shape index (κ1) is 39.5. The molecule has 5 saturated carbocycles. The van der Waals surface area contributed by atoms with Crippen LogP contribution in [0.15, 0.2) is 46.2 Å². The Balaban J connectivity index is 1.01. The summed E-state index contributed by atoms with van der Waals surface area (Å²) in [4.78, 5) is 17.8. The van der Waals surface area contributed by atoms with E-state index in [0.717, 1.165) is 23.3 Å². The van der Waals surface area contributed by atoms with Gasteiger partial charge < -0.3 is 0 Å². The third kappa shape index (κ3) is 5.96. The van der Waals surface area contributed by atoms with Gasteiger partial charge in [-0.25, -0.2) is 0 Å². The standard InChI is InChI=1S/C50H66OS4/c1-28-17-30(3)38(31(4)18-28)24-52-26-49-15-13-36(47(49,7)8)22-40(49)54-45-43-35-12-11-34(21-35)42(43)44(51)46(45)55-41-23-37-14-16-50(41,48(37,9)10)27-53-25-39-32(5)19-29(2)20-33(39)6/h11-12,17-20,34-37,40-43H,13-16,21-27H2,1-10H3/t34?,35?,36-,37-,40-,41-,42?,43?,49-,50-/m1/s1. The van der Waals surface area contributed by atoms with Gasteiger partial charge in [0.15, 0.2) is 5.78 Å². The monoisotopic (exact) mass is 810 g/mol. The summed E-state index contributed by atoms with van der Waals surface area (Å²) >= 11 is 8.79. The SMILES string of the molecule is Cc1cc(C)c(CSC[C@]23CC[C@H](C[C@H]2SC2=C(S[C@@H]4C[C@H]5CC[C@]4(CSCc4c(C)cc(C)cc4C)C5(C)C)C4C5C=CC(C5)C4C2=O)C3(C)C)c(C)c1. The maximum absolute atomic E-state index is 15.0. The molecule has 1 nitrogen and oxygen atoms in total. The Bertz CT molecular complexity index is 1920. The summed E-state index contributed by atoms with van der Waals surface area (Å²) in [7, 11) is 0. The Morgan fingerprint density at radius 2 is 1.04 bits per heavy atom. The molecule has 6 bridgehead atoms. The molecule has 9 rings (SSSR count). The molecule has 0 amide bonds. The Labute approximate surface area is 351 Å². The lowest BCUT2D eigenvalue weighted by Crippen LogP contribution is -2.40. The van der Waals surface area contributed by atoms with Gasteiger partial charge in [0.1, 0.15) is 0 Å². The Morgan fingerprint density at radius 3 is 1.49 bits per heavy atom. The number of carbonyl (C=O) groups is 1. The molecule has 4 unspecified atom stereocenters. The molecule has 10 atom stereocenters. The van der Waals surface area contributed by atoms with Crippen molar-refractivity contribution in [2.24, 2.45) is 57.2 Å². The van der Waals surface area contributed by atoms with Crippen molar-refractivity contribution in [2.75, 3.05) is 11.5 Å². The molecular weight excluding hydrogens is 745 g/mol. The number of ketones is 1. The molecule has 5 heteroatoms. The number of thioether (sulfide) groups is 4. The van der Waals surface area contributed by atoms with Crippen molar-refractivity contribution < 1.29 is 4.79 Å². The average molecular weight is 811 g/mol. The van der Waals surface area contributed by atoms with Crippen LogP contribution in [0.2, 0.25) is 0 Å². The van der Waals surface area contributed by atoms with Crippen molar-refractivity contribution in [3.63, 3.8) is 0 Å². The third-order valence-corrected chi connectivity index (χ3v) is 23.4. The molecule has 2 aromatic rings. The molecule has 7 aliphatic carbocycles. The average Bonchev–Trinajstić information content (AvgIpc) is 3.95. The number of aryl methyl sites for hydroxylation is 6. The second-order valence-electron chi connectivity index (χ2n) is 20.7. The van der Waals surface area contributed by atoms with Crippen LogP contribution < -0.4 is 0 Å². The number of Topliss-reactive ketones (excluding diaryl/α,β-unsaturated/α-hetero) is 1. The Kier molecular flexibility index (Phi) is 10.1. The van der Waals surface area contributed by atoms with Gasteiger partial charge in [0, 0.05) is 50.3 Å². The van der Waals surface area contributed by atoms with E-state index in [9.17, 15) is 4.79 Å². The fourth-order valence-corrected chi connectivity index (χ4v) is 22.1. The molecule has 0 aromatic heterocycles. The van der Waals surface area contributed by atoms with E-state index in [4.69, 9.17) is 0 Å². The molecule has 2 aromatic carbocycles. The van der Waals surface area contributed by atoms with Crippen molar-refractivity contribution in [3.05, 3.63) is 90.7 Å². The normalized spacial score (nSPS) is 37.3. The fourth-order valence-electron chi connectivity index (χ4n) is 14.1. The fraction of sp³-hybridized carbons (Fsp3) is 0.660. The van der Waals surface area contributed by atoms with Gasteiger partial charge in [-0.15, -0.1) is 23.5 Å². The van der Waals surface area contributed by atoms with E-state index in [1.165, 1.54) is 100 Å². The van der Waals surface area contributed by atoms with Crippen LogP contribution in [-0.4, -0.2) is 27.8 Å². The van der Waals surface area contributed by atoms with Crippen molar-refractivity contribution in [3.8, 4) is 0 Å². The minimum Gasteiger partial charge on any atom is -0.293 e. The third-order valence-electron chi connectivity index (χ3n) is 17.6. The van der Waals surface area contributed by atoms with E-state index in [-0.39, 0.29) is 11.3 Å². The van der Waals surface area contributed by atoms with Gasteiger partial charge >= 0.3 is 0 Å². The van der Waals surface area contributed by atoms with Gasteiger partial charge in [-0.1, -0.05) is 75.2 Å². The van der Waals surface area contributed by atoms with Crippen LogP contribution in [0.4, 0.5) is 0 Å². The molecule has 0 heterocycles. The highest BCUT2D eigenvalue weighted by molar-refractivity contribution is 8.08. The van der Waals surface area contributed by atoms with Crippen LogP contribution in [0.5, 0.6) is 0 Å². The Hall–Kier alpha value is -1.01. The number of benzene rings is 2. The van der Waals surface area contributed by atoms with Crippen LogP contribution in [-0.2, 0) is 16.3 Å². The Morgan fingerprint density at radius 1 is 0.600 bits per heavy atom. The smallest absolute Gasteiger partial charge is 0.174 e. The lowest BCUT2D eigenvalue weighted by Gasteiger charge is -2.43. The van der Waals surface area contributed by atoms with Crippen molar-refractivity contribution >= 4 is 52.8 Å². The van der Waals surface area contributed by atoms with Gasteiger partial charge in [-0.3, -0.25) is 4.79 Å². The van der Waals surface area contributed by atoms with Crippen LogP contribution in [0.25, 0.3) is 0 Å². The molecule has 0 N–H and O–H groups in total. The number of rotatable bonds is 12. The predicted molar refractivity (Wildman–Crippen MR) is 243 cm³/mol. The van der Waals surface area contributed by atoms with Crippen LogP contribution >= 0.6 is 47.0 Å². The van der Waals surface area contributed by atoms with Gasteiger partial charge in [0.05, 0.1) is 4.91 Å². The highest BCUT2D eigenvalue weighted by Gasteiger charge is 2.67. The second-order valence-corrected chi connectivity index (χ2v) is 25.1. The summed E-state index contributed by atoms with van der Waals surface area (Å²) in [6, 6.07) is 9.49. The maximum atomic E-state index is 15.0. The molecule has 7 aliphatic rings. The molecule has 0 aliphatic heterocycles. The van der Waals surface area contributed by atoms with Crippen LogP contribution in [0, 0.1) is 98.7 Å². The zero-order valence-corrected chi connectivity index (χ0v) is 38.7. The van der Waals surface area contributed by atoms with Crippen molar-refractivity contribution in [1.82, 2.24) is 0 Å². The minimum atomic E-state index is 0.203. The summed E-state index contributed by atoms with van der Waals surface area (Å²) in [6.07, 6.45) is 14.2. The molecular formula is C50H66OS4. The van der Waals surface area contributed by atoms with Crippen molar-refractivity contribution in [1.29, 1.82) is 0 Å². The van der Waals surface area contributed by atoms with Gasteiger partial charge in [0.2, 0.25) is 0 Å². The molecule has 0 spiro atoms. The van der Waals surface area contributed by atoms with E-state index in [1.807, 2.05) is 0 Å². The molecule has 0 radical (unpaired) electrons. The number of hydrogen-bond acceptors (Lipinski definition) is 5. The second kappa shape index (κ2) is 14.0. The first-order valence-corrected chi connectivity index (χ1v) is 25.7. The van der Waals surface area contributed by atoms with Crippen molar-refractivity contribution in [2.45, 2.75) is 136 Å². The van der Waals surface area contributed by atoms with E-state index >= 15 is 0 Å². The molecule has 55 heavy (non-hydrogen) atoms. The largest absolute Gasteiger partial charge is 0.293 e. The zero-order chi connectivity index (χ0) is 38.8. The summed E-state index contributed by atoms with van der Waals surface area (Å²) in [6.45, 7) is 24.1. The summed E-state index contributed by atoms with van der Waals surface area (Å²) in [5.74, 6) is 8.43. The highest BCUT2D eigenvalue weighted by Crippen LogP contribution is 2.74. The summed E-state index contributed by atoms with van der Waals surface area (Å²) in [5, 5.41) is 1.14. The van der Waals surface area contributed by atoms with Crippen LogP contribution in [0.1, 0.15) is 117 Å². The van der Waals surface area contributed by atoms with Gasteiger partial charge in [-0.2, -0.15) is 23.5 Å². The lowest BCUT2D eigenvalue weighted by atomic mass is 9.70. The molecule has 5 fully saturated rings. The first-order valence-electron chi connectivity index (χ1n) is 21.7.